The van der Waals surface area contributed by atoms with Crippen LogP contribution in [0.3, 0.4) is 0 Å². The van der Waals surface area contributed by atoms with Crippen LogP contribution in [0.1, 0.15) is 11.4 Å². The van der Waals surface area contributed by atoms with Gasteiger partial charge in [-0.05, 0) is 25.1 Å². The van der Waals surface area contributed by atoms with Gasteiger partial charge in [0, 0.05) is 19.2 Å². The highest BCUT2D eigenvalue weighted by Crippen LogP contribution is 2.13. The number of hydrogen-bond acceptors (Lipinski definition) is 3. The van der Waals surface area contributed by atoms with Crippen molar-refractivity contribution in [3.8, 4) is 0 Å². The molecular formula is C15H18N4O. The second kappa shape index (κ2) is 5.09. The number of imidazole rings is 1. The van der Waals surface area contributed by atoms with E-state index in [1.54, 1.807) is 6.33 Å². The van der Waals surface area contributed by atoms with Crippen molar-refractivity contribution in [2.24, 2.45) is 7.05 Å². The minimum atomic E-state index is -0.456. The zero-order chi connectivity index (χ0) is 14.1. The topological polar surface area (TPSA) is 55.9 Å². The molecule has 3 rings (SSSR count). The summed E-state index contributed by atoms with van der Waals surface area (Å²) in [6.45, 7) is 2.49. The van der Waals surface area contributed by atoms with E-state index in [-0.39, 0.29) is 0 Å². The Bertz CT molecular complexity index is 728. The number of aromatic nitrogens is 4. The van der Waals surface area contributed by atoms with Gasteiger partial charge in [0.15, 0.2) is 0 Å². The third kappa shape index (κ3) is 2.44. The van der Waals surface area contributed by atoms with E-state index in [1.807, 2.05) is 53.6 Å². The van der Waals surface area contributed by atoms with Crippen LogP contribution in [-0.4, -0.2) is 30.5 Å². The molecule has 1 N–H and O–H groups in total. The monoisotopic (exact) mass is 270 g/mol. The van der Waals surface area contributed by atoms with Crippen molar-refractivity contribution < 1.29 is 5.11 Å². The van der Waals surface area contributed by atoms with Crippen molar-refractivity contribution in [3.63, 3.8) is 0 Å². The van der Waals surface area contributed by atoms with Gasteiger partial charge >= 0.3 is 0 Å². The largest absolute Gasteiger partial charge is 0.391 e. The maximum atomic E-state index is 10.3. The van der Waals surface area contributed by atoms with Gasteiger partial charge in [0.25, 0.3) is 0 Å². The summed E-state index contributed by atoms with van der Waals surface area (Å²) in [5.74, 6) is 0. The standard InChI is InChI=1S/C15H18N4O/c1-11-7-12(18(2)17-11)8-13(20)9-19-10-16-14-5-3-4-6-15(14)19/h3-7,10,13,20H,8-9H2,1-2H3. The molecule has 0 fully saturated rings. The lowest BCUT2D eigenvalue weighted by Crippen LogP contribution is -2.19. The maximum Gasteiger partial charge on any atom is 0.0959 e. The molecule has 5 nitrogen and oxygen atoms in total. The van der Waals surface area contributed by atoms with E-state index < -0.39 is 6.10 Å². The number of rotatable bonds is 4. The van der Waals surface area contributed by atoms with Crippen LogP contribution in [0.15, 0.2) is 36.7 Å². The van der Waals surface area contributed by atoms with Crippen molar-refractivity contribution in [2.75, 3.05) is 0 Å². The van der Waals surface area contributed by atoms with Crippen LogP contribution >= 0.6 is 0 Å². The molecule has 0 saturated carbocycles. The van der Waals surface area contributed by atoms with E-state index >= 15 is 0 Å². The first kappa shape index (κ1) is 12.9. The quantitative estimate of drug-likeness (QED) is 0.784. The summed E-state index contributed by atoms with van der Waals surface area (Å²) in [5, 5.41) is 14.6. The van der Waals surface area contributed by atoms with Gasteiger partial charge in [-0.25, -0.2) is 4.98 Å². The first-order valence-electron chi connectivity index (χ1n) is 6.71. The van der Waals surface area contributed by atoms with Gasteiger partial charge in [-0.3, -0.25) is 4.68 Å². The number of fused-ring (bicyclic) bond motifs is 1. The number of nitrogens with zero attached hydrogens (tertiary/aromatic N) is 4. The van der Waals surface area contributed by atoms with Crippen molar-refractivity contribution in [1.82, 2.24) is 19.3 Å². The summed E-state index contributed by atoms with van der Waals surface area (Å²) in [6, 6.07) is 9.95. The van der Waals surface area contributed by atoms with E-state index in [2.05, 4.69) is 10.1 Å². The summed E-state index contributed by atoms with van der Waals surface area (Å²) < 4.78 is 3.81. The van der Waals surface area contributed by atoms with Crippen LogP contribution in [0, 0.1) is 6.92 Å². The van der Waals surface area contributed by atoms with E-state index in [4.69, 9.17) is 0 Å². The molecule has 1 unspecified atom stereocenters. The number of hydrogen-bond donors (Lipinski definition) is 1. The smallest absolute Gasteiger partial charge is 0.0959 e. The molecule has 2 aromatic heterocycles. The Kier molecular flexibility index (Phi) is 3.28. The molecule has 0 aliphatic rings. The fraction of sp³-hybridized carbons (Fsp3) is 0.333. The first-order valence-corrected chi connectivity index (χ1v) is 6.71. The van der Waals surface area contributed by atoms with E-state index in [0.29, 0.717) is 13.0 Å². The highest BCUT2D eigenvalue weighted by Gasteiger charge is 2.12. The SMILES string of the molecule is Cc1cc(CC(O)Cn2cnc3ccccc32)n(C)n1. The van der Waals surface area contributed by atoms with Crippen molar-refractivity contribution in [1.29, 1.82) is 0 Å². The molecule has 2 heterocycles. The van der Waals surface area contributed by atoms with Gasteiger partial charge < -0.3 is 9.67 Å². The second-order valence-electron chi connectivity index (χ2n) is 5.14. The third-order valence-electron chi connectivity index (χ3n) is 3.48. The first-order chi connectivity index (χ1) is 9.63. The predicted molar refractivity (Wildman–Crippen MR) is 77.4 cm³/mol. The Morgan fingerprint density at radius 1 is 1.30 bits per heavy atom. The predicted octanol–water partition coefficient (Wildman–Crippen LogP) is 1.68. The molecule has 1 atom stereocenters. The third-order valence-corrected chi connectivity index (χ3v) is 3.48. The number of aryl methyl sites for hydroxylation is 2. The number of aliphatic hydroxyl groups excluding tert-OH is 1. The number of para-hydroxylation sites is 2. The van der Waals surface area contributed by atoms with E-state index in [0.717, 1.165) is 22.4 Å². The van der Waals surface area contributed by atoms with E-state index in [1.165, 1.54) is 0 Å². The summed E-state index contributed by atoms with van der Waals surface area (Å²) in [4.78, 5) is 4.33. The highest BCUT2D eigenvalue weighted by molar-refractivity contribution is 5.74. The van der Waals surface area contributed by atoms with Crippen LogP contribution in [0.5, 0.6) is 0 Å². The van der Waals surface area contributed by atoms with Crippen LogP contribution in [0.25, 0.3) is 11.0 Å². The molecule has 0 saturated heterocycles. The van der Waals surface area contributed by atoms with Crippen LogP contribution in [-0.2, 0) is 20.0 Å². The molecule has 5 heteroatoms. The molecule has 20 heavy (non-hydrogen) atoms. The molecule has 1 aromatic carbocycles. The summed E-state index contributed by atoms with van der Waals surface area (Å²) in [6.07, 6.45) is 1.91. The maximum absolute atomic E-state index is 10.3. The zero-order valence-corrected chi connectivity index (χ0v) is 11.7. The molecule has 3 aromatic rings. The number of benzene rings is 1. The summed E-state index contributed by atoms with van der Waals surface area (Å²) in [7, 11) is 1.90. The zero-order valence-electron chi connectivity index (χ0n) is 11.7. The van der Waals surface area contributed by atoms with Gasteiger partial charge in [-0.15, -0.1) is 0 Å². The van der Waals surface area contributed by atoms with Crippen molar-refractivity contribution in [2.45, 2.75) is 26.0 Å². The molecular weight excluding hydrogens is 252 g/mol. The van der Waals surface area contributed by atoms with Crippen LogP contribution in [0.2, 0.25) is 0 Å². The minimum absolute atomic E-state index is 0.456. The normalized spacial score (nSPS) is 12.9. The van der Waals surface area contributed by atoms with Crippen molar-refractivity contribution in [3.05, 3.63) is 48.0 Å². The lowest BCUT2D eigenvalue weighted by atomic mass is 10.2. The molecule has 0 spiro atoms. The fourth-order valence-electron chi connectivity index (χ4n) is 2.54. The summed E-state index contributed by atoms with van der Waals surface area (Å²) in [5.41, 5.74) is 4.02. The average Bonchev–Trinajstić information content (AvgIpc) is 2.94. The average molecular weight is 270 g/mol. The van der Waals surface area contributed by atoms with Crippen LogP contribution < -0.4 is 0 Å². The molecule has 0 radical (unpaired) electrons. The lowest BCUT2D eigenvalue weighted by molar-refractivity contribution is 0.153. The van der Waals surface area contributed by atoms with Gasteiger partial charge in [-0.1, -0.05) is 12.1 Å². The van der Waals surface area contributed by atoms with E-state index in [9.17, 15) is 5.11 Å². The Morgan fingerprint density at radius 3 is 2.85 bits per heavy atom. The van der Waals surface area contributed by atoms with Gasteiger partial charge in [0.1, 0.15) is 0 Å². The van der Waals surface area contributed by atoms with Crippen LogP contribution in [0.4, 0.5) is 0 Å². The second-order valence-corrected chi connectivity index (χ2v) is 5.14. The Labute approximate surface area is 117 Å². The minimum Gasteiger partial charge on any atom is -0.391 e. The Morgan fingerprint density at radius 2 is 2.10 bits per heavy atom. The highest BCUT2D eigenvalue weighted by atomic mass is 16.3. The molecule has 0 aliphatic carbocycles. The van der Waals surface area contributed by atoms with Crippen molar-refractivity contribution >= 4 is 11.0 Å². The number of aliphatic hydroxyl groups is 1. The molecule has 0 aliphatic heterocycles. The fourth-order valence-corrected chi connectivity index (χ4v) is 2.54. The Hall–Kier alpha value is -2.14. The Balaban J connectivity index is 1.76. The summed E-state index contributed by atoms with van der Waals surface area (Å²) >= 11 is 0. The molecule has 0 bridgehead atoms. The lowest BCUT2D eigenvalue weighted by Gasteiger charge is -2.12. The van der Waals surface area contributed by atoms with Gasteiger partial charge in [0.05, 0.1) is 35.7 Å². The molecule has 0 amide bonds. The van der Waals surface area contributed by atoms with Gasteiger partial charge in [-0.2, -0.15) is 5.10 Å². The molecule has 104 valence electrons. The van der Waals surface area contributed by atoms with Gasteiger partial charge in [0.2, 0.25) is 0 Å².